The van der Waals surface area contributed by atoms with Crippen LogP contribution in [0.4, 0.5) is 0 Å². The number of hydrogen-bond acceptors (Lipinski definition) is 1. The van der Waals surface area contributed by atoms with E-state index in [9.17, 15) is 0 Å². The van der Waals surface area contributed by atoms with Gasteiger partial charge in [0, 0.05) is 4.47 Å². The van der Waals surface area contributed by atoms with Crippen LogP contribution < -0.4 is 0 Å². The molecule has 2 heteroatoms. The number of rotatable bonds is 2. The third-order valence-corrected chi connectivity index (χ3v) is 3.44. The van der Waals surface area contributed by atoms with Crippen molar-refractivity contribution in [2.45, 2.75) is 32.6 Å². The third-order valence-electron chi connectivity index (χ3n) is 2.75. The van der Waals surface area contributed by atoms with Crippen LogP contribution in [0.25, 0.3) is 0 Å². The molecule has 0 N–H and O–H groups in total. The molecule has 0 spiro atoms. The topological polar surface area (TPSA) is 23.8 Å². The Bertz CT molecular complexity index is 374. The second kappa shape index (κ2) is 4.14. The lowest BCUT2D eigenvalue weighted by molar-refractivity contribution is 0.506. The number of halogens is 1. The fourth-order valence-electron chi connectivity index (χ4n) is 1.24. The maximum atomic E-state index is 8.90. The first-order chi connectivity index (χ1) is 6.51. The minimum absolute atomic E-state index is 0.145. The molecule has 0 amide bonds. The predicted molar refractivity (Wildman–Crippen MR) is 62.2 cm³/mol. The van der Waals surface area contributed by atoms with Crippen molar-refractivity contribution in [1.29, 1.82) is 5.26 Å². The Hall–Kier alpha value is -0.810. The first-order valence-electron chi connectivity index (χ1n) is 4.71. The molecular weight excluding hydrogens is 238 g/mol. The van der Waals surface area contributed by atoms with Gasteiger partial charge in [-0.1, -0.05) is 26.8 Å². The van der Waals surface area contributed by atoms with Crippen molar-refractivity contribution in [3.63, 3.8) is 0 Å². The SMILES string of the molecule is CCC(C)(C)c1ccc(Br)c(C#N)c1. The highest BCUT2D eigenvalue weighted by Crippen LogP contribution is 2.29. The summed E-state index contributed by atoms with van der Waals surface area (Å²) in [4.78, 5) is 0. The fourth-order valence-corrected chi connectivity index (χ4v) is 1.57. The molecule has 0 atom stereocenters. The monoisotopic (exact) mass is 251 g/mol. The van der Waals surface area contributed by atoms with E-state index in [0.717, 1.165) is 10.9 Å². The number of hydrogen-bond donors (Lipinski definition) is 0. The van der Waals surface area contributed by atoms with E-state index >= 15 is 0 Å². The summed E-state index contributed by atoms with van der Waals surface area (Å²) in [5.41, 5.74) is 2.08. The van der Waals surface area contributed by atoms with Crippen LogP contribution in [0.3, 0.4) is 0 Å². The van der Waals surface area contributed by atoms with Crippen molar-refractivity contribution >= 4 is 15.9 Å². The normalized spacial score (nSPS) is 11.1. The van der Waals surface area contributed by atoms with Gasteiger partial charge in [-0.15, -0.1) is 0 Å². The van der Waals surface area contributed by atoms with E-state index in [2.05, 4.69) is 48.8 Å². The van der Waals surface area contributed by atoms with E-state index in [4.69, 9.17) is 5.26 Å². The maximum Gasteiger partial charge on any atom is 0.100 e. The van der Waals surface area contributed by atoms with Gasteiger partial charge in [-0.3, -0.25) is 0 Å². The highest BCUT2D eigenvalue weighted by Gasteiger charge is 2.18. The standard InChI is InChI=1S/C12H14BrN/c1-4-12(2,3)10-5-6-11(13)9(7-10)8-14/h5-7H,4H2,1-3H3. The quantitative estimate of drug-likeness (QED) is 0.780. The van der Waals surface area contributed by atoms with Gasteiger partial charge in [0.25, 0.3) is 0 Å². The highest BCUT2D eigenvalue weighted by molar-refractivity contribution is 9.10. The minimum atomic E-state index is 0.145. The van der Waals surface area contributed by atoms with Gasteiger partial charge in [-0.05, 0) is 45.5 Å². The average Bonchev–Trinajstić information content (AvgIpc) is 2.18. The molecule has 0 aromatic heterocycles. The second-order valence-corrected chi connectivity index (χ2v) is 4.90. The number of benzene rings is 1. The number of nitrogens with zero attached hydrogens (tertiary/aromatic N) is 1. The minimum Gasteiger partial charge on any atom is -0.192 e. The summed E-state index contributed by atoms with van der Waals surface area (Å²) in [5, 5.41) is 8.90. The Morgan fingerprint density at radius 1 is 1.43 bits per heavy atom. The van der Waals surface area contributed by atoms with Crippen molar-refractivity contribution in [3.05, 3.63) is 33.8 Å². The zero-order chi connectivity index (χ0) is 10.8. The van der Waals surface area contributed by atoms with Gasteiger partial charge in [0.2, 0.25) is 0 Å². The lowest BCUT2D eigenvalue weighted by atomic mass is 9.82. The van der Waals surface area contributed by atoms with Gasteiger partial charge >= 0.3 is 0 Å². The average molecular weight is 252 g/mol. The van der Waals surface area contributed by atoms with Crippen LogP contribution in [0, 0.1) is 11.3 Å². The van der Waals surface area contributed by atoms with Gasteiger partial charge < -0.3 is 0 Å². The summed E-state index contributed by atoms with van der Waals surface area (Å²) in [7, 11) is 0. The molecule has 0 saturated carbocycles. The molecule has 0 fully saturated rings. The Labute approximate surface area is 93.9 Å². The first kappa shape index (κ1) is 11.3. The number of nitriles is 1. The second-order valence-electron chi connectivity index (χ2n) is 4.04. The van der Waals surface area contributed by atoms with Crippen LogP contribution in [0.15, 0.2) is 22.7 Å². The summed E-state index contributed by atoms with van der Waals surface area (Å²) in [6, 6.07) is 8.18. The third kappa shape index (κ3) is 2.16. The van der Waals surface area contributed by atoms with E-state index in [1.54, 1.807) is 0 Å². The Morgan fingerprint density at radius 3 is 2.57 bits per heavy atom. The molecule has 0 aliphatic rings. The molecule has 0 aliphatic carbocycles. The van der Waals surface area contributed by atoms with Crippen molar-refractivity contribution < 1.29 is 0 Å². The molecule has 1 nitrogen and oxygen atoms in total. The van der Waals surface area contributed by atoms with E-state index in [1.807, 2.05) is 12.1 Å². The van der Waals surface area contributed by atoms with Crippen LogP contribution in [-0.4, -0.2) is 0 Å². The molecule has 0 unspecified atom stereocenters. The molecular formula is C12H14BrN. The predicted octanol–water partition coefficient (Wildman–Crippen LogP) is 4.01. The molecule has 74 valence electrons. The van der Waals surface area contributed by atoms with Gasteiger partial charge in [0.15, 0.2) is 0 Å². The molecule has 1 aromatic carbocycles. The largest absolute Gasteiger partial charge is 0.192 e. The van der Waals surface area contributed by atoms with Gasteiger partial charge in [-0.2, -0.15) is 5.26 Å². The van der Waals surface area contributed by atoms with Gasteiger partial charge in [-0.25, -0.2) is 0 Å². The van der Waals surface area contributed by atoms with Crippen LogP contribution in [0.1, 0.15) is 38.3 Å². The smallest absolute Gasteiger partial charge is 0.100 e. The summed E-state index contributed by atoms with van der Waals surface area (Å²) >= 11 is 3.36. The Balaban J connectivity index is 3.21. The van der Waals surface area contributed by atoms with E-state index < -0.39 is 0 Å². The van der Waals surface area contributed by atoms with Crippen LogP contribution in [-0.2, 0) is 5.41 Å². The molecule has 0 bridgehead atoms. The zero-order valence-corrected chi connectivity index (χ0v) is 10.4. The zero-order valence-electron chi connectivity index (χ0n) is 8.76. The molecule has 0 radical (unpaired) electrons. The van der Waals surface area contributed by atoms with Crippen molar-refractivity contribution in [2.24, 2.45) is 0 Å². The van der Waals surface area contributed by atoms with Crippen LogP contribution >= 0.6 is 15.9 Å². The Morgan fingerprint density at radius 2 is 2.07 bits per heavy atom. The first-order valence-corrected chi connectivity index (χ1v) is 5.50. The van der Waals surface area contributed by atoms with Crippen LogP contribution in [0.2, 0.25) is 0 Å². The lowest BCUT2D eigenvalue weighted by Gasteiger charge is -2.23. The fraction of sp³-hybridized carbons (Fsp3) is 0.417. The van der Waals surface area contributed by atoms with Crippen molar-refractivity contribution in [1.82, 2.24) is 0 Å². The molecule has 0 heterocycles. The van der Waals surface area contributed by atoms with E-state index in [0.29, 0.717) is 5.56 Å². The van der Waals surface area contributed by atoms with Gasteiger partial charge in [0.1, 0.15) is 6.07 Å². The Kier molecular flexibility index (Phi) is 3.34. The summed E-state index contributed by atoms with van der Waals surface area (Å²) in [6.45, 7) is 6.54. The van der Waals surface area contributed by atoms with Crippen molar-refractivity contribution in [2.75, 3.05) is 0 Å². The molecule has 0 aliphatic heterocycles. The maximum absolute atomic E-state index is 8.90. The van der Waals surface area contributed by atoms with Gasteiger partial charge in [0.05, 0.1) is 5.56 Å². The van der Waals surface area contributed by atoms with Crippen molar-refractivity contribution in [3.8, 4) is 6.07 Å². The van der Waals surface area contributed by atoms with Crippen LogP contribution in [0.5, 0.6) is 0 Å². The highest BCUT2D eigenvalue weighted by atomic mass is 79.9. The summed E-state index contributed by atoms with van der Waals surface area (Å²) in [5.74, 6) is 0. The molecule has 1 aromatic rings. The van der Waals surface area contributed by atoms with E-state index in [1.165, 1.54) is 5.56 Å². The molecule has 0 saturated heterocycles. The summed E-state index contributed by atoms with van der Waals surface area (Å²) < 4.78 is 0.871. The summed E-state index contributed by atoms with van der Waals surface area (Å²) in [6.07, 6.45) is 1.07. The molecule has 14 heavy (non-hydrogen) atoms. The van der Waals surface area contributed by atoms with E-state index in [-0.39, 0.29) is 5.41 Å². The molecule has 1 rings (SSSR count). The lowest BCUT2D eigenvalue weighted by Crippen LogP contribution is -2.15.